The molecule has 0 N–H and O–H groups in total. The van der Waals surface area contributed by atoms with Gasteiger partial charge in [0.05, 0.1) is 0 Å². The average molecular weight is 255 g/mol. The van der Waals surface area contributed by atoms with Crippen LogP contribution in [0.25, 0.3) is 0 Å². The van der Waals surface area contributed by atoms with Crippen LogP contribution in [0.1, 0.15) is 78.6 Å². The molecule has 0 aliphatic carbocycles. The number of unbranched alkanes of at least 4 members (excludes halogenated alkanes) is 5. The predicted octanol–water partition coefficient (Wildman–Crippen LogP) is 4.63. The minimum Gasteiger partial charge on any atom is -0.346 e. The summed E-state index contributed by atoms with van der Waals surface area (Å²) in [4.78, 5) is 14.2. The molecule has 0 aromatic rings. The average Bonchev–Trinajstić information content (AvgIpc) is 2.39. The van der Waals surface area contributed by atoms with Crippen LogP contribution in [-0.4, -0.2) is 24.4 Å². The zero-order valence-corrected chi connectivity index (χ0v) is 13.0. The molecule has 0 saturated carbocycles. The number of amides is 1. The Balaban J connectivity index is 3.88. The topological polar surface area (TPSA) is 20.3 Å². The molecule has 1 amide bonds. The van der Waals surface area contributed by atoms with Crippen LogP contribution in [-0.2, 0) is 4.79 Å². The Bertz CT molecular complexity index is 203. The van der Waals surface area contributed by atoms with Gasteiger partial charge in [-0.2, -0.15) is 0 Å². The van der Waals surface area contributed by atoms with E-state index in [1.807, 2.05) is 11.9 Å². The van der Waals surface area contributed by atoms with E-state index in [-0.39, 0.29) is 5.92 Å². The minimum atomic E-state index is 0.258. The highest BCUT2D eigenvalue weighted by Crippen LogP contribution is 2.17. The molecular formula is C16H33NO. The SMILES string of the molecule is CCCCCCCC(CC)C(=O)N(C)CCCC. The number of carbonyl (C=O) groups is 1. The number of rotatable bonds is 11. The summed E-state index contributed by atoms with van der Waals surface area (Å²) < 4.78 is 0. The van der Waals surface area contributed by atoms with Crippen LogP contribution in [0.15, 0.2) is 0 Å². The zero-order chi connectivity index (χ0) is 13.8. The van der Waals surface area contributed by atoms with E-state index < -0.39 is 0 Å². The second-order valence-electron chi connectivity index (χ2n) is 5.42. The van der Waals surface area contributed by atoms with E-state index in [9.17, 15) is 4.79 Å². The molecule has 0 saturated heterocycles. The van der Waals surface area contributed by atoms with Gasteiger partial charge in [-0.1, -0.05) is 59.3 Å². The van der Waals surface area contributed by atoms with E-state index in [0.29, 0.717) is 5.91 Å². The van der Waals surface area contributed by atoms with Gasteiger partial charge in [-0.25, -0.2) is 0 Å². The molecule has 1 unspecified atom stereocenters. The summed E-state index contributed by atoms with van der Waals surface area (Å²) in [6.45, 7) is 7.47. The molecule has 2 nitrogen and oxygen atoms in total. The Kier molecular flexibility index (Phi) is 11.2. The fraction of sp³-hybridized carbons (Fsp3) is 0.938. The van der Waals surface area contributed by atoms with Crippen LogP contribution >= 0.6 is 0 Å². The standard InChI is InChI=1S/C16H33NO/c1-5-8-10-11-12-13-15(7-3)16(18)17(4)14-9-6-2/h15H,5-14H2,1-4H3. The first-order chi connectivity index (χ1) is 8.67. The van der Waals surface area contributed by atoms with Crippen molar-refractivity contribution in [2.45, 2.75) is 78.6 Å². The Morgan fingerprint density at radius 2 is 1.56 bits per heavy atom. The van der Waals surface area contributed by atoms with E-state index in [1.54, 1.807) is 0 Å². The van der Waals surface area contributed by atoms with Crippen LogP contribution in [0, 0.1) is 5.92 Å². The lowest BCUT2D eigenvalue weighted by Crippen LogP contribution is -2.33. The van der Waals surface area contributed by atoms with Crippen LogP contribution in [0.4, 0.5) is 0 Å². The minimum absolute atomic E-state index is 0.258. The fourth-order valence-electron chi connectivity index (χ4n) is 2.31. The van der Waals surface area contributed by atoms with Gasteiger partial charge in [0.2, 0.25) is 5.91 Å². The Morgan fingerprint density at radius 1 is 0.944 bits per heavy atom. The van der Waals surface area contributed by atoms with Gasteiger partial charge in [0.15, 0.2) is 0 Å². The van der Waals surface area contributed by atoms with Gasteiger partial charge in [0.1, 0.15) is 0 Å². The van der Waals surface area contributed by atoms with E-state index in [2.05, 4.69) is 20.8 Å². The monoisotopic (exact) mass is 255 g/mol. The molecule has 0 aromatic heterocycles. The molecule has 1 atom stereocenters. The smallest absolute Gasteiger partial charge is 0.225 e. The summed E-state index contributed by atoms with van der Waals surface area (Å²) >= 11 is 0. The van der Waals surface area contributed by atoms with Gasteiger partial charge >= 0.3 is 0 Å². The highest BCUT2D eigenvalue weighted by Gasteiger charge is 2.19. The van der Waals surface area contributed by atoms with Gasteiger partial charge in [0, 0.05) is 19.5 Å². The van der Waals surface area contributed by atoms with E-state index in [1.165, 1.54) is 32.1 Å². The molecular weight excluding hydrogens is 222 g/mol. The zero-order valence-electron chi connectivity index (χ0n) is 13.0. The van der Waals surface area contributed by atoms with Crippen LogP contribution < -0.4 is 0 Å². The van der Waals surface area contributed by atoms with Gasteiger partial charge in [-0.05, 0) is 19.3 Å². The summed E-state index contributed by atoms with van der Waals surface area (Å²) in [6, 6.07) is 0. The van der Waals surface area contributed by atoms with Crippen molar-refractivity contribution in [2.75, 3.05) is 13.6 Å². The summed E-state index contributed by atoms with van der Waals surface area (Å²) in [6.07, 6.45) is 10.8. The summed E-state index contributed by atoms with van der Waals surface area (Å²) in [5.41, 5.74) is 0. The highest BCUT2D eigenvalue weighted by molar-refractivity contribution is 5.78. The lowest BCUT2D eigenvalue weighted by atomic mass is 9.96. The largest absolute Gasteiger partial charge is 0.346 e. The third-order valence-electron chi connectivity index (χ3n) is 3.72. The van der Waals surface area contributed by atoms with Crippen molar-refractivity contribution in [1.29, 1.82) is 0 Å². The molecule has 0 aliphatic rings. The van der Waals surface area contributed by atoms with E-state index >= 15 is 0 Å². The molecule has 0 aromatic carbocycles. The highest BCUT2D eigenvalue weighted by atomic mass is 16.2. The van der Waals surface area contributed by atoms with Crippen molar-refractivity contribution >= 4 is 5.91 Å². The Hall–Kier alpha value is -0.530. The van der Waals surface area contributed by atoms with Crippen molar-refractivity contribution in [3.05, 3.63) is 0 Å². The predicted molar refractivity (Wildman–Crippen MR) is 79.7 cm³/mol. The molecule has 0 bridgehead atoms. The molecule has 0 fully saturated rings. The Labute approximate surface area is 114 Å². The third-order valence-corrected chi connectivity index (χ3v) is 3.72. The maximum absolute atomic E-state index is 12.2. The second-order valence-corrected chi connectivity index (χ2v) is 5.42. The van der Waals surface area contributed by atoms with Crippen molar-refractivity contribution in [3.63, 3.8) is 0 Å². The van der Waals surface area contributed by atoms with Gasteiger partial charge in [-0.15, -0.1) is 0 Å². The second kappa shape index (κ2) is 11.6. The summed E-state index contributed by atoms with van der Waals surface area (Å²) in [7, 11) is 1.96. The normalized spacial score (nSPS) is 12.4. The lowest BCUT2D eigenvalue weighted by Gasteiger charge is -2.23. The quantitative estimate of drug-likeness (QED) is 0.493. The first-order valence-electron chi connectivity index (χ1n) is 7.92. The maximum atomic E-state index is 12.2. The summed E-state index contributed by atoms with van der Waals surface area (Å²) in [5.74, 6) is 0.620. The Morgan fingerprint density at radius 3 is 2.11 bits per heavy atom. The number of nitrogens with zero attached hydrogens (tertiary/aromatic N) is 1. The molecule has 2 heteroatoms. The first kappa shape index (κ1) is 17.5. The van der Waals surface area contributed by atoms with E-state index in [4.69, 9.17) is 0 Å². The first-order valence-corrected chi connectivity index (χ1v) is 7.92. The molecule has 18 heavy (non-hydrogen) atoms. The van der Waals surface area contributed by atoms with Gasteiger partial charge in [-0.3, -0.25) is 4.79 Å². The number of hydrogen-bond donors (Lipinski definition) is 0. The molecule has 0 radical (unpaired) electrons. The third kappa shape index (κ3) is 7.73. The van der Waals surface area contributed by atoms with Gasteiger partial charge in [0.25, 0.3) is 0 Å². The number of hydrogen-bond acceptors (Lipinski definition) is 1. The number of carbonyl (C=O) groups excluding carboxylic acids is 1. The maximum Gasteiger partial charge on any atom is 0.225 e. The molecule has 0 spiro atoms. The molecule has 108 valence electrons. The van der Waals surface area contributed by atoms with E-state index in [0.717, 1.165) is 32.2 Å². The van der Waals surface area contributed by atoms with Gasteiger partial charge < -0.3 is 4.90 Å². The molecule has 0 heterocycles. The van der Waals surface area contributed by atoms with Crippen molar-refractivity contribution < 1.29 is 4.79 Å². The lowest BCUT2D eigenvalue weighted by molar-refractivity contribution is -0.134. The summed E-state index contributed by atoms with van der Waals surface area (Å²) in [5, 5.41) is 0. The van der Waals surface area contributed by atoms with Crippen molar-refractivity contribution in [2.24, 2.45) is 5.92 Å². The van der Waals surface area contributed by atoms with Crippen LogP contribution in [0.5, 0.6) is 0 Å². The van der Waals surface area contributed by atoms with Crippen LogP contribution in [0.2, 0.25) is 0 Å². The van der Waals surface area contributed by atoms with Crippen molar-refractivity contribution in [1.82, 2.24) is 4.90 Å². The molecule has 0 aliphatic heterocycles. The fourth-order valence-corrected chi connectivity index (χ4v) is 2.31. The van der Waals surface area contributed by atoms with Crippen LogP contribution in [0.3, 0.4) is 0 Å². The van der Waals surface area contributed by atoms with Crippen molar-refractivity contribution in [3.8, 4) is 0 Å². The molecule has 0 rings (SSSR count).